The zero-order chi connectivity index (χ0) is 18.9. The van der Waals surface area contributed by atoms with E-state index in [0.717, 1.165) is 30.6 Å². The molecule has 1 aromatic carbocycles. The van der Waals surface area contributed by atoms with Gasteiger partial charge in [-0.15, -0.1) is 0 Å². The predicted molar refractivity (Wildman–Crippen MR) is 110 cm³/mol. The molecule has 3 rings (SSSR count). The smallest absolute Gasteiger partial charge is 0.123 e. The largest absolute Gasteiger partial charge is 0.216 e. The van der Waals surface area contributed by atoms with Crippen LogP contribution in [0.1, 0.15) is 95.0 Å². The van der Waals surface area contributed by atoms with E-state index in [0.29, 0.717) is 12.2 Å². The van der Waals surface area contributed by atoms with Crippen LogP contribution in [0.25, 0.3) is 0 Å². The second-order valence-electron chi connectivity index (χ2n) is 8.94. The average Bonchev–Trinajstić information content (AvgIpc) is 2.72. The first-order valence-corrected chi connectivity index (χ1v) is 11.3. The second-order valence-corrected chi connectivity index (χ2v) is 8.94. The molecule has 0 N–H and O–H groups in total. The molecule has 0 nitrogen and oxygen atoms in total. The maximum Gasteiger partial charge on any atom is 0.123 e. The molecule has 0 heterocycles. The van der Waals surface area contributed by atoms with Gasteiger partial charge in [0.25, 0.3) is 0 Å². The monoisotopic (exact) mass is 374 g/mol. The van der Waals surface area contributed by atoms with Crippen LogP contribution < -0.4 is 0 Å². The first-order chi connectivity index (χ1) is 13.3. The molecule has 0 aromatic heterocycles. The SMILES string of the molecule is FC=CCCCCC[C@H]1CC[C@H]([C@H]2CC[C@H](c3ccc(F)cc3)CC2)CC1. The normalized spacial score (nSPS) is 29.3. The molecule has 2 fully saturated rings. The quantitative estimate of drug-likeness (QED) is 0.401. The van der Waals surface area contributed by atoms with Crippen LogP contribution in [0.3, 0.4) is 0 Å². The first kappa shape index (κ1) is 20.6. The van der Waals surface area contributed by atoms with Crippen LogP contribution in [0.4, 0.5) is 8.78 Å². The highest BCUT2D eigenvalue weighted by molar-refractivity contribution is 5.21. The van der Waals surface area contributed by atoms with E-state index in [9.17, 15) is 8.78 Å². The summed E-state index contributed by atoms with van der Waals surface area (Å²) in [6.45, 7) is 0. The van der Waals surface area contributed by atoms with Crippen molar-refractivity contribution in [3.8, 4) is 0 Å². The minimum atomic E-state index is -0.124. The van der Waals surface area contributed by atoms with E-state index in [-0.39, 0.29) is 5.82 Å². The van der Waals surface area contributed by atoms with Gasteiger partial charge in [-0.2, -0.15) is 0 Å². The van der Waals surface area contributed by atoms with Gasteiger partial charge in [0.2, 0.25) is 0 Å². The van der Waals surface area contributed by atoms with Gasteiger partial charge in [-0.05, 0) is 92.7 Å². The van der Waals surface area contributed by atoms with Gasteiger partial charge in [0, 0.05) is 0 Å². The lowest BCUT2D eigenvalue weighted by Crippen LogP contribution is -2.25. The van der Waals surface area contributed by atoms with Crippen LogP contribution in [0, 0.1) is 23.6 Å². The molecule has 0 aliphatic heterocycles. The second kappa shape index (κ2) is 11.0. The molecule has 2 aliphatic carbocycles. The summed E-state index contributed by atoms with van der Waals surface area (Å²) in [5, 5.41) is 0. The minimum Gasteiger partial charge on any atom is -0.216 e. The van der Waals surface area contributed by atoms with Gasteiger partial charge >= 0.3 is 0 Å². The van der Waals surface area contributed by atoms with Crippen LogP contribution in [0.2, 0.25) is 0 Å². The fraction of sp³-hybridized carbons (Fsp3) is 0.680. The van der Waals surface area contributed by atoms with E-state index >= 15 is 0 Å². The van der Waals surface area contributed by atoms with E-state index in [1.54, 1.807) is 18.2 Å². The summed E-state index contributed by atoms with van der Waals surface area (Å²) in [6.07, 6.45) is 19.3. The van der Waals surface area contributed by atoms with Crippen molar-refractivity contribution in [2.45, 2.75) is 89.4 Å². The van der Waals surface area contributed by atoms with Crippen molar-refractivity contribution in [1.29, 1.82) is 0 Å². The fourth-order valence-corrected chi connectivity index (χ4v) is 5.54. The van der Waals surface area contributed by atoms with Gasteiger partial charge in [0.05, 0.1) is 6.33 Å². The molecule has 0 bridgehead atoms. The van der Waals surface area contributed by atoms with E-state index < -0.39 is 0 Å². The number of unbranched alkanes of at least 4 members (excludes halogenated alkanes) is 3. The van der Waals surface area contributed by atoms with Crippen LogP contribution in [0.15, 0.2) is 36.7 Å². The van der Waals surface area contributed by atoms with Gasteiger partial charge in [0.1, 0.15) is 5.82 Å². The molecule has 27 heavy (non-hydrogen) atoms. The third-order valence-electron chi connectivity index (χ3n) is 7.24. The molecule has 0 unspecified atom stereocenters. The summed E-state index contributed by atoms with van der Waals surface area (Å²) in [5.41, 5.74) is 1.33. The number of rotatable bonds is 8. The van der Waals surface area contributed by atoms with E-state index in [1.807, 2.05) is 12.1 Å². The molecule has 0 amide bonds. The lowest BCUT2D eigenvalue weighted by Gasteiger charge is -2.38. The van der Waals surface area contributed by atoms with Crippen molar-refractivity contribution >= 4 is 0 Å². The van der Waals surface area contributed by atoms with Crippen LogP contribution in [0.5, 0.6) is 0 Å². The number of benzene rings is 1. The van der Waals surface area contributed by atoms with E-state index in [4.69, 9.17) is 0 Å². The van der Waals surface area contributed by atoms with Gasteiger partial charge in [-0.3, -0.25) is 0 Å². The Bertz CT molecular complexity index is 546. The van der Waals surface area contributed by atoms with Gasteiger partial charge in [-0.25, -0.2) is 8.78 Å². The standard InChI is InChI=1S/C25H36F2/c26-19-5-3-1-2-4-6-20-7-9-21(10-8-20)22-11-13-23(14-12-22)24-15-17-25(27)18-16-24/h5,15-23H,1-4,6-14H2/t20-,21-,22-,23-. The third-order valence-corrected chi connectivity index (χ3v) is 7.24. The average molecular weight is 375 g/mol. The molecule has 2 saturated carbocycles. The Morgan fingerprint density at radius 1 is 0.778 bits per heavy atom. The summed E-state index contributed by atoms with van der Waals surface area (Å²) in [4.78, 5) is 0. The number of hydrogen-bond donors (Lipinski definition) is 0. The van der Waals surface area contributed by atoms with E-state index in [1.165, 1.54) is 76.2 Å². The van der Waals surface area contributed by atoms with E-state index in [2.05, 4.69) is 0 Å². The fourth-order valence-electron chi connectivity index (χ4n) is 5.54. The van der Waals surface area contributed by atoms with Gasteiger partial charge in [0.15, 0.2) is 0 Å². The number of halogens is 2. The zero-order valence-corrected chi connectivity index (χ0v) is 16.7. The van der Waals surface area contributed by atoms with Crippen LogP contribution in [-0.2, 0) is 0 Å². The van der Waals surface area contributed by atoms with Crippen molar-refractivity contribution in [2.75, 3.05) is 0 Å². The molecule has 0 saturated heterocycles. The van der Waals surface area contributed by atoms with Crippen LogP contribution >= 0.6 is 0 Å². The maximum atomic E-state index is 13.1. The molecule has 1 aromatic rings. The van der Waals surface area contributed by atoms with Crippen LogP contribution in [-0.4, -0.2) is 0 Å². The van der Waals surface area contributed by atoms with Crippen molar-refractivity contribution < 1.29 is 8.78 Å². The Morgan fingerprint density at radius 3 is 2.04 bits per heavy atom. The Hall–Kier alpha value is -1.18. The van der Waals surface area contributed by atoms with Crippen molar-refractivity contribution in [1.82, 2.24) is 0 Å². The summed E-state index contributed by atoms with van der Waals surface area (Å²) in [7, 11) is 0. The molecule has 2 aliphatic rings. The Kier molecular flexibility index (Phi) is 8.35. The molecule has 0 radical (unpaired) electrons. The minimum absolute atomic E-state index is 0.124. The highest BCUT2D eigenvalue weighted by atomic mass is 19.1. The summed E-state index contributed by atoms with van der Waals surface area (Å²) >= 11 is 0. The molecule has 0 atom stereocenters. The molecular formula is C25H36F2. The maximum absolute atomic E-state index is 13.1. The third kappa shape index (κ3) is 6.43. The molecule has 0 spiro atoms. The van der Waals surface area contributed by atoms with Crippen molar-refractivity contribution in [3.05, 3.63) is 48.1 Å². The van der Waals surface area contributed by atoms with Crippen molar-refractivity contribution in [3.63, 3.8) is 0 Å². The highest BCUT2D eigenvalue weighted by Gasteiger charge is 2.31. The Labute approximate surface area is 164 Å². The van der Waals surface area contributed by atoms with Gasteiger partial charge in [-0.1, -0.05) is 50.3 Å². The number of allylic oxidation sites excluding steroid dienone is 1. The molecular weight excluding hydrogens is 338 g/mol. The van der Waals surface area contributed by atoms with Crippen molar-refractivity contribution in [2.24, 2.45) is 17.8 Å². The molecule has 2 heteroatoms. The lowest BCUT2D eigenvalue weighted by atomic mass is 9.68. The Balaban J connectivity index is 1.32. The number of hydrogen-bond acceptors (Lipinski definition) is 0. The first-order valence-electron chi connectivity index (χ1n) is 11.3. The topological polar surface area (TPSA) is 0 Å². The molecule has 150 valence electrons. The predicted octanol–water partition coefficient (Wildman–Crippen LogP) is 8.34. The summed E-state index contributed by atoms with van der Waals surface area (Å²) in [6, 6.07) is 7.19. The zero-order valence-electron chi connectivity index (χ0n) is 16.7. The lowest BCUT2D eigenvalue weighted by molar-refractivity contribution is 0.155. The summed E-state index contributed by atoms with van der Waals surface area (Å²) < 4.78 is 25.0. The van der Waals surface area contributed by atoms with Gasteiger partial charge < -0.3 is 0 Å². The highest BCUT2D eigenvalue weighted by Crippen LogP contribution is 2.44. The summed E-state index contributed by atoms with van der Waals surface area (Å²) in [5.74, 6) is 3.33. The Morgan fingerprint density at radius 2 is 1.41 bits per heavy atom.